The number of alkyl carbamates (subject to hydrolysis) is 1. The van der Waals surface area contributed by atoms with Crippen LogP contribution in [-0.4, -0.2) is 48.5 Å². The van der Waals surface area contributed by atoms with E-state index in [1.807, 2.05) is 50.2 Å². The van der Waals surface area contributed by atoms with Gasteiger partial charge in [0, 0.05) is 16.7 Å². The summed E-state index contributed by atoms with van der Waals surface area (Å²) in [5, 5.41) is 7.60. The van der Waals surface area contributed by atoms with Crippen molar-refractivity contribution in [3.63, 3.8) is 0 Å². The van der Waals surface area contributed by atoms with E-state index in [1.54, 1.807) is 4.90 Å². The summed E-state index contributed by atoms with van der Waals surface area (Å²) in [6.45, 7) is 4.17. The molecule has 1 heterocycles. The molecule has 1 fully saturated rings. The molecule has 2 aromatic carbocycles. The standard InChI is InChI=1S/C22H26BrN3O4/c1-13(2)19(25-22(29)30-3)21(28)26-10-4-5-18(26)20(27)24-17-9-7-14-11-16(23)8-6-15(14)12-17/h6-9,11-13,18-19H,4-5,10H2,1-3H3,(H,24,27)(H,25,29)/t18?,19-/m0/s1. The fourth-order valence-electron chi connectivity index (χ4n) is 3.70. The summed E-state index contributed by atoms with van der Waals surface area (Å²) in [5.41, 5.74) is 0.683. The SMILES string of the molecule is COC(=O)N[C@H](C(=O)N1CCCC1C(=O)Nc1ccc2cc(Br)ccc2c1)C(C)C. The highest BCUT2D eigenvalue weighted by Gasteiger charge is 2.38. The molecule has 0 radical (unpaired) electrons. The van der Waals surface area contributed by atoms with Gasteiger partial charge in [0.15, 0.2) is 0 Å². The normalized spacial score (nSPS) is 17.1. The van der Waals surface area contributed by atoms with Crippen molar-refractivity contribution in [3.8, 4) is 0 Å². The minimum atomic E-state index is -0.745. The van der Waals surface area contributed by atoms with Crippen molar-refractivity contribution in [2.24, 2.45) is 5.92 Å². The zero-order valence-corrected chi connectivity index (χ0v) is 18.9. The van der Waals surface area contributed by atoms with Crippen LogP contribution < -0.4 is 10.6 Å². The summed E-state index contributed by atoms with van der Waals surface area (Å²) in [6, 6.07) is 10.3. The number of carbonyl (C=O) groups excluding carboxylic acids is 3. The molecule has 1 unspecified atom stereocenters. The van der Waals surface area contributed by atoms with Gasteiger partial charge in [0.25, 0.3) is 0 Å². The summed E-state index contributed by atoms with van der Waals surface area (Å²) in [4.78, 5) is 39.3. The third kappa shape index (κ3) is 4.92. The Hall–Kier alpha value is -2.61. The number of nitrogens with one attached hydrogen (secondary N) is 2. The molecule has 7 nitrogen and oxygen atoms in total. The van der Waals surface area contributed by atoms with E-state index in [9.17, 15) is 14.4 Å². The second-order valence-electron chi connectivity index (χ2n) is 7.74. The van der Waals surface area contributed by atoms with Gasteiger partial charge >= 0.3 is 6.09 Å². The van der Waals surface area contributed by atoms with E-state index in [4.69, 9.17) is 0 Å². The average molecular weight is 476 g/mol. The van der Waals surface area contributed by atoms with Gasteiger partial charge in [-0.05, 0) is 53.8 Å². The van der Waals surface area contributed by atoms with Crippen molar-refractivity contribution < 1.29 is 19.1 Å². The Morgan fingerprint density at radius 3 is 2.53 bits per heavy atom. The van der Waals surface area contributed by atoms with Crippen LogP contribution in [0.5, 0.6) is 0 Å². The Labute approximate surface area is 184 Å². The predicted octanol–water partition coefficient (Wildman–Crippen LogP) is 3.91. The third-order valence-corrected chi connectivity index (χ3v) is 5.79. The molecular formula is C22H26BrN3O4. The second-order valence-corrected chi connectivity index (χ2v) is 8.66. The number of ether oxygens (including phenoxy) is 1. The minimum Gasteiger partial charge on any atom is -0.453 e. The number of hydrogen-bond donors (Lipinski definition) is 2. The zero-order chi connectivity index (χ0) is 21.8. The number of amides is 3. The topological polar surface area (TPSA) is 87.7 Å². The highest BCUT2D eigenvalue weighted by Crippen LogP contribution is 2.25. The van der Waals surface area contributed by atoms with Crippen molar-refractivity contribution >= 4 is 50.3 Å². The molecule has 2 aromatic rings. The molecule has 3 rings (SSSR count). The third-order valence-electron chi connectivity index (χ3n) is 5.30. The van der Waals surface area contributed by atoms with Crippen LogP contribution in [0.4, 0.5) is 10.5 Å². The van der Waals surface area contributed by atoms with Gasteiger partial charge in [-0.3, -0.25) is 9.59 Å². The number of likely N-dealkylation sites (tertiary alicyclic amines) is 1. The molecule has 0 aromatic heterocycles. The number of methoxy groups -OCH3 is 1. The number of halogens is 1. The zero-order valence-electron chi connectivity index (χ0n) is 17.3. The van der Waals surface area contributed by atoms with Gasteiger partial charge in [-0.25, -0.2) is 4.79 Å². The van der Waals surface area contributed by atoms with Gasteiger partial charge in [0.2, 0.25) is 11.8 Å². The van der Waals surface area contributed by atoms with Crippen LogP contribution in [0, 0.1) is 5.92 Å². The molecule has 1 saturated heterocycles. The summed E-state index contributed by atoms with van der Waals surface area (Å²) in [6.07, 6.45) is 0.657. The van der Waals surface area contributed by atoms with Crippen LogP contribution in [0.25, 0.3) is 10.8 Å². The van der Waals surface area contributed by atoms with Crippen LogP contribution in [0.2, 0.25) is 0 Å². The molecule has 8 heteroatoms. The number of hydrogen-bond acceptors (Lipinski definition) is 4. The number of carbonyl (C=O) groups is 3. The van der Waals surface area contributed by atoms with Crippen LogP contribution in [0.3, 0.4) is 0 Å². The molecule has 160 valence electrons. The molecule has 0 saturated carbocycles. The Bertz CT molecular complexity index is 963. The average Bonchev–Trinajstić information content (AvgIpc) is 3.21. The number of fused-ring (bicyclic) bond motifs is 1. The first-order chi connectivity index (χ1) is 14.3. The van der Waals surface area contributed by atoms with Crippen molar-refractivity contribution in [2.75, 3.05) is 19.0 Å². The van der Waals surface area contributed by atoms with Crippen LogP contribution in [-0.2, 0) is 14.3 Å². The molecule has 30 heavy (non-hydrogen) atoms. The number of nitrogens with zero attached hydrogens (tertiary/aromatic N) is 1. The Kier molecular flexibility index (Phi) is 6.97. The molecule has 0 spiro atoms. The van der Waals surface area contributed by atoms with Crippen molar-refractivity contribution in [1.82, 2.24) is 10.2 Å². The summed E-state index contributed by atoms with van der Waals surface area (Å²) in [5.74, 6) is -0.630. The van der Waals surface area contributed by atoms with Gasteiger partial charge in [-0.15, -0.1) is 0 Å². The Morgan fingerprint density at radius 1 is 1.13 bits per heavy atom. The molecule has 2 atom stereocenters. The van der Waals surface area contributed by atoms with E-state index >= 15 is 0 Å². The maximum Gasteiger partial charge on any atom is 0.407 e. The highest BCUT2D eigenvalue weighted by molar-refractivity contribution is 9.10. The van der Waals surface area contributed by atoms with Gasteiger partial charge in [0.1, 0.15) is 12.1 Å². The smallest absolute Gasteiger partial charge is 0.407 e. The van der Waals surface area contributed by atoms with E-state index in [0.29, 0.717) is 18.7 Å². The minimum absolute atomic E-state index is 0.138. The molecule has 0 bridgehead atoms. The Morgan fingerprint density at radius 2 is 1.83 bits per heavy atom. The van der Waals surface area contributed by atoms with E-state index in [2.05, 4.69) is 31.3 Å². The predicted molar refractivity (Wildman–Crippen MR) is 119 cm³/mol. The lowest BCUT2D eigenvalue weighted by Gasteiger charge is -2.30. The lowest BCUT2D eigenvalue weighted by molar-refractivity contribution is -0.139. The van der Waals surface area contributed by atoms with Gasteiger partial charge < -0.3 is 20.3 Å². The summed E-state index contributed by atoms with van der Waals surface area (Å²) >= 11 is 3.46. The number of benzene rings is 2. The molecular weight excluding hydrogens is 450 g/mol. The molecule has 2 N–H and O–H groups in total. The van der Waals surface area contributed by atoms with E-state index in [1.165, 1.54) is 7.11 Å². The molecule has 1 aliphatic heterocycles. The van der Waals surface area contributed by atoms with Crippen molar-refractivity contribution in [1.29, 1.82) is 0 Å². The highest BCUT2D eigenvalue weighted by atomic mass is 79.9. The molecule has 1 aliphatic rings. The summed E-state index contributed by atoms with van der Waals surface area (Å²) in [7, 11) is 1.26. The monoisotopic (exact) mass is 475 g/mol. The molecule has 3 amide bonds. The number of rotatable bonds is 5. The fraction of sp³-hybridized carbons (Fsp3) is 0.409. The van der Waals surface area contributed by atoms with E-state index < -0.39 is 18.2 Å². The fourth-order valence-corrected chi connectivity index (χ4v) is 4.08. The van der Waals surface area contributed by atoms with Crippen molar-refractivity contribution in [3.05, 3.63) is 40.9 Å². The lowest BCUT2D eigenvalue weighted by atomic mass is 10.0. The number of anilines is 1. The summed E-state index contributed by atoms with van der Waals surface area (Å²) < 4.78 is 5.63. The molecule has 0 aliphatic carbocycles. The van der Waals surface area contributed by atoms with Gasteiger partial charge in [0.05, 0.1) is 7.11 Å². The van der Waals surface area contributed by atoms with Crippen LogP contribution in [0.1, 0.15) is 26.7 Å². The van der Waals surface area contributed by atoms with Crippen LogP contribution in [0.15, 0.2) is 40.9 Å². The largest absolute Gasteiger partial charge is 0.453 e. The maximum atomic E-state index is 13.1. The maximum absolute atomic E-state index is 13.1. The van der Waals surface area contributed by atoms with Gasteiger partial charge in [-0.1, -0.05) is 41.9 Å². The first kappa shape index (κ1) is 22.1. The van der Waals surface area contributed by atoms with Crippen LogP contribution >= 0.6 is 15.9 Å². The van der Waals surface area contributed by atoms with E-state index in [-0.39, 0.29) is 17.7 Å². The quantitative estimate of drug-likeness (QED) is 0.685. The van der Waals surface area contributed by atoms with Crippen molar-refractivity contribution in [2.45, 2.75) is 38.8 Å². The Balaban J connectivity index is 1.74. The first-order valence-corrected chi connectivity index (χ1v) is 10.7. The second kappa shape index (κ2) is 9.47. The first-order valence-electron chi connectivity index (χ1n) is 9.95. The van der Waals surface area contributed by atoms with E-state index in [0.717, 1.165) is 21.7 Å². The van der Waals surface area contributed by atoms with Gasteiger partial charge in [-0.2, -0.15) is 0 Å². The lowest BCUT2D eigenvalue weighted by Crippen LogP contribution is -2.54.